The molecule has 0 aliphatic rings. The molecule has 0 fully saturated rings. The number of unbranched alkanes of at least 4 members (excludes halogenated alkanes) is 1. The van der Waals surface area contributed by atoms with Crippen LogP contribution in [0.5, 0.6) is 0 Å². The molecule has 0 unspecified atom stereocenters. The molecule has 0 aliphatic carbocycles. The van der Waals surface area contributed by atoms with E-state index in [1.165, 1.54) is 0 Å². The standard InChI is InChI=1S/C9H10IN3O/c1-7-12-6-8(10)9(14)13(7)5-3-2-4-11/h6H,2-3,5H2,1H3. The summed E-state index contributed by atoms with van der Waals surface area (Å²) in [4.78, 5) is 15.7. The zero-order valence-corrected chi connectivity index (χ0v) is 9.98. The molecule has 0 saturated heterocycles. The summed E-state index contributed by atoms with van der Waals surface area (Å²) in [5.41, 5.74) is -0.0176. The maximum absolute atomic E-state index is 11.6. The van der Waals surface area contributed by atoms with E-state index in [1.54, 1.807) is 17.7 Å². The first-order valence-corrected chi connectivity index (χ1v) is 5.33. The molecule has 74 valence electrons. The lowest BCUT2D eigenvalue weighted by Gasteiger charge is -2.07. The highest BCUT2D eigenvalue weighted by atomic mass is 127. The molecule has 1 heterocycles. The quantitative estimate of drug-likeness (QED) is 0.627. The molecule has 0 aromatic carbocycles. The van der Waals surface area contributed by atoms with Crippen molar-refractivity contribution in [3.05, 3.63) is 25.9 Å². The van der Waals surface area contributed by atoms with Crippen LogP contribution in [0.2, 0.25) is 0 Å². The van der Waals surface area contributed by atoms with E-state index in [1.807, 2.05) is 22.6 Å². The molecule has 0 bridgehead atoms. The van der Waals surface area contributed by atoms with E-state index in [0.717, 1.165) is 0 Å². The number of nitrogens with zero attached hydrogens (tertiary/aromatic N) is 3. The Hall–Kier alpha value is -0.900. The monoisotopic (exact) mass is 303 g/mol. The number of aryl methyl sites for hydroxylation is 1. The number of aromatic nitrogens is 2. The molecule has 4 nitrogen and oxygen atoms in total. The third kappa shape index (κ3) is 2.54. The summed E-state index contributed by atoms with van der Waals surface area (Å²) in [5, 5.41) is 8.38. The molecule has 14 heavy (non-hydrogen) atoms. The van der Waals surface area contributed by atoms with E-state index in [-0.39, 0.29) is 5.56 Å². The highest BCUT2D eigenvalue weighted by Crippen LogP contribution is 1.99. The molecule has 0 spiro atoms. The highest BCUT2D eigenvalue weighted by molar-refractivity contribution is 14.1. The normalized spacial score (nSPS) is 9.79. The third-order valence-corrected chi connectivity index (χ3v) is 2.62. The van der Waals surface area contributed by atoms with Crippen LogP contribution in [0.3, 0.4) is 0 Å². The summed E-state index contributed by atoms with van der Waals surface area (Å²) < 4.78 is 2.23. The highest BCUT2D eigenvalue weighted by Gasteiger charge is 2.04. The van der Waals surface area contributed by atoms with Crippen LogP contribution in [0.15, 0.2) is 11.0 Å². The van der Waals surface area contributed by atoms with Crippen molar-refractivity contribution >= 4 is 22.6 Å². The zero-order valence-electron chi connectivity index (χ0n) is 7.83. The first-order chi connectivity index (χ1) is 6.66. The molecule has 0 amide bonds. The van der Waals surface area contributed by atoms with Crippen LogP contribution in [0.4, 0.5) is 0 Å². The van der Waals surface area contributed by atoms with Crippen LogP contribution in [0.25, 0.3) is 0 Å². The molecular weight excluding hydrogens is 293 g/mol. The summed E-state index contributed by atoms with van der Waals surface area (Å²) >= 11 is 1.97. The van der Waals surface area contributed by atoms with Gasteiger partial charge in [-0.25, -0.2) is 4.98 Å². The molecule has 1 aromatic rings. The van der Waals surface area contributed by atoms with E-state index in [4.69, 9.17) is 5.26 Å². The van der Waals surface area contributed by atoms with E-state index < -0.39 is 0 Å². The van der Waals surface area contributed by atoms with Gasteiger partial charge in [-0.2, -0.15) is 5.26 Å². The van der Waals surface area contributed by atoms with Gasteiger partial charge in [0.15, 0.2) is 0 Å². The van der Waals surface area contributed by atoms with Gasteiger partial charge in [-0.3, -0.25) is 9.36 Å². The van der Waals surface area contributed by atoms with Crippen molar-refractivity contribution in [2.45, 2.75) is 26.3 Å². The largest absolute Gasteiger partial charge is 0.296 e. The van der Waals surface area contributed by atoms with Crippen molar-refractivity contribution in [1.29, 1.82) is 5.26 Å². The van der Waals surface area contributed by atoms with Crippen molar-refractivity contribution in [3.63, 3.8) is 0 Å². The second kappa shape index (κ2) is 5.10. The molecule has 0 N–H and O–H groups in total. The number of hydrogen-bond donors (Lipinski definition) is 0. The van der Waals surface area contributed by atoms with Gasteiger partial charge in [0.2, 0.25) is 0 Å². The van der Waals surface area contributed by atoms with Gasteiger partial charge in [-0.05, 0) is 35.9 Å². The topological polar surface area (TPSA) is 58.7 Å². The average molecular weight is 303 g/mol. The SMILES string of the molecule is Cc1ncc(I)c(=O)n1CCCC#N. The summed E-state index contributed by atoms with van der Waals surface area (Å²) in [6.45, 7) is 2.37. The lowest BCUT2D eigenvalue weighted by molar-refractivity contribution is 0.597. The van der Waals surface area contributed by atoms with Crippen molar-refractivity contribution < 1.29 is 0 Å². The molecule has 0 atom stereocenters. The van der Waals surface area contributed by atoms with E-state index in [0.29, 0.717) is 28.8 Å². The fourth-order valence-electron chi connectivity index (χ4n) is 1.13. The predicted molar refractivity (Wildman–Crippen MR) is 60.8 cm³/mol. The summed E-state index contributed by atoms with van der Waals surface area (Å²) in [6, 6.07) is 2.05. The second-order valence-electron chi connectivity index (χ2n) is 2.87. The molecule has 5 heteroatoms. The van der Waals surface area contributed by atoms with E-state index in [2.05, 4.69) is 11.1 Å². The van der Waals surface area contributed by atoms with Gasteiger partial charge in [0.05, 0.1) is 9.64 Å². The minimum Gasteiger partial charge on any atom is -0.296 e. The minimum atomic E-state index is -0.0176. The fraction of sp³-hybridized carbons (Fsp3) is 0.444. The Balaban J connectivity index is 2.91. The smallest absolute Gasteiger partial charge is 0.266 e. The number of hydrogen-bond acceptors (Lipinski definition) is 3. The summed E-state index contributed by atoms with van der Waals surface area (Å²) in [6.07, 6.45) is 2.73. The van der Waals surface area contributed by atoms with Crippen LogP contribution in [-0.4, -0.2) is 9.55 Å². The predicted octanol–water partition coefficient (Wildman–Crippen LogP) is 1.46. The van der Waals surface area contributed by atoms with Crippen molar-refractivity contribution in [3.8, 4) is 6.07 Å². The third-order valence-electron chi connectivity index (χ3n) is 1.88. The lowest BCUT2D eigenvalue weighted by Crippen LogP contribution is -2.25. The number of halogens is 1. The zero-order chi connectivity index (χ0) is 10.6. The van der Waals surface area contributed by atoms with Gasteiger partial charge < -0.3 is 0 Å². The van der Waals surface area contributed by atoms with Crippen molar-refractivity contribution in [2.75, 3.05) is 0 Å². The van der Waals surface area contributed by atoms with Gasteiger partial charge in [0.25, 0.3) is 5.56 Å². The minimum absolute atomic E-state index is 0.0176. The molecule has 0 saturated carbocycles. The maximum Gasteiger partial charge on any atom is 0.266 e. The number of rotatable bonds is 3. The van der Waals surface area contributed by atoms with Gasteiger partial charge in [0.1, 0.15) is 5.82 Å². The number of nitriles is 1. The Morgan fingerprint density at radius 2 is 2.43 bits per heavy atom. The van der Waals surface area contributed by atoms with Gasteiger partial charge >= 0.3 is 0 Å². The Kier molecular flexibility index (Phi) is 4.07. The van der Waals surface area contributed by atoms with Gasteiger partial charge in [0, 0.05) is 19.2 Å². The van der Waals surface area contributed by atoms with Crippen molar-refractivity contribution in [1.82, 2.24) is 9.55 Å². The molecular formula is C9H10IN3O. The Morgan fingerprint density at radius 3 is 3.07 bits per heavy atom. The van der Waals surface area contributed by atoms with Crippen LogP contribution >= 0.6 is 22.6 Å². The Labute approximate surface area is 95.7 Å². The van der Waals surface area contributed by atoms with Gasteiger partial charge in [-0.1, -0.05) is 0 Å². The molecule has 1 rings (SSSR count). The maximum atomic E-state index is 11.6. The summed E-state index contributed by atoms with van der Waals surface area (Å²) in [7, 11) is 0. The first kappa shape index (κ1) is 11.2. The first-order valence-electron chi connectivity index (χ1n) is 4.25. The summed E-state index contributed by atoms with van der Waals surface area (Å²) in [5.74, 6) is 0.702. The second-order valence-corrected chi connectivity index (χ2v) is 4.03. The van der Waals surface area contributed by atoms with Crippen molar-refractivity contribution in [2.24, 2.45) is 0 Å². The lowest BCUT2D eigenvalue weighted by atomic mass is 10.3. The van der Waals surface area contributed by atoms with E-state index >= 15 is 0 Å². The van der Waals surface area contributed by atoms with Gasteiger partial charge in [-0.15, -0.1) is 0 Å². The molecule has 0 aliphatic heterocycles. The molecule has 1 aromatic heterocycles. The fourth-order valence-corrected chi connectivity index (χ4v) is 1.56. The van der Waals surface area contributed by atoms with Crippen LogP contribution < -0.4 is 5.56 Å². The van der Waals surface area contributed by atoms with Crippen LogP contribution in [0, 0.1) is 21.8 Å². The van der Waals surface area contributed by atoms with E-state index in [9.17, 15) is 4.79 Å². The molecule has 0 radical (unpaired) electrons. The average Bonchev–Trinajstić information content (AvgIpc) is 2.18. The van der Waals surface area contributed by atoms with Crippen LogP contribution in [-0.2, 0) is 6.54 Å². The Bertz CT molecular complexity index is 419. The van der Waals surface area contributed by atoms with Crippen LogP contribution in [0.1, 0.15) is 18.7 Å². The Morgan fingerprint density at radius 1 is 1.71 bits per heavy atom.